The number of furan rings is 1. The summed E-state index contributed by atoms with van der Waals surface area (Å²) in [7, 11) is 0. The van der Waals surface area contributed by atoms with Gasteiger partial charge in [0, 0.05) is 10.9 Å². The van der Waals surface area contributed by atoms with E-state index in [9.17, 15) is 18.3 Å². The first-order chi connectivity index (χ1) is 14.7. The van der Waals surface area contributed by atoms with Crippen LogP contribution in [0.1, 0.15) is 23.3 Å². The van der Waals surface area contributed by atoms with Crippen LogP contribution in [-0.2, 0) is 18.3 Å². The summed E-state index contributed by atoms with van der Waals surface area (Å²) in [6.45, 7) is 1.04. The fraction of sp³-hybridized carbons (Fsp3) is 0.238. The minimum Gasteiger partial charge on any atom is -0.485 e. The predicted molar refractivity (Wildman–Crippen MR) is 110 cm³/mol. The molecule has 4 rings (SSSR count). The van der Waals surface area contributed by atoms with Gasteiger partial charge in [0.15, 0.2) is 0 Å². The number of hydrogen-bond donors (Lipinski definition) is 2. The van der Waals surface area contributed by atoms with E-state index in [1.54, 1.807) is 19.1 Å². The molecular formula is C21H18F3N3O3S. The van der Waals surface area contributed by atoms with Gasteiger partial charge >= 0.3 is 6.18 Å². The maximum absolute atomic E-state index is 13.7. The molecule has 2 heterocycles. The Balaban J connectivity index is 1.61. The lowest BCUT2D eigenvalue weighted by molar-refractivity contribution is -0.139. The van der Waals surface area contributed by atoms with E-state index in [2.05, 4.69) is 10.2 Å². The second kappa shape index (κ2) is 7.95. The van der Waals surface area contributed by atoms with Crippen molar-refractivity contribution in [2.45, 2.75) is 25.2 Å². The Kier molecular flexibility index (Phi) is 5.46. The van der Waals surface area contributed by atoms with Gasteiger partial charge in [0.05, 0.1) is 17.7 Å². The molecule has 2 aromatic heterocycles. The molecule has 2 aromatic carbocycles. The van der Waals surface area contributed by atoms with E-state index < -0.39 is 17.3 Å². The Morgan fingerprint density at radius 1 is 1.13 bits per heavy atom. The number of halogens is 3. The number of ether oxygens (including phenoxy) is 1. The number of alkyl halides is 3. The van der Waals surface area contributed by atoms with Crippen LogP contribution in [0.3, 0.4) is 0 Å². The highest BCUT2D eigenvalue weighted by Crippen LogP contribution is 2.40. The van der Waals surface area contributed by atoms with Gasteiger partial charge < -0.3 is 20.0 Å². The molecule has 10 heteroatoms. The molecule has 0 radical (unpaired) electrons. The Morgan fingerprint density at radius 3 is 2.61 bits per heavy atom. The Hall–Kier alpha value is -2.95. The highest BCUT2D eigenvalue weighted by molar-refractivity contribution is 7.14. The largest absolute Gasteiger partial charge is 0.485 e. The molecule has 4 aromatic rings. The minimum atomic E-state index is -4.64. The molecule has 0 amide bonds. The van der Waals surface area contributed by atoms with Crippen LogP contribution in [0.25, 0.3) is 21.5 Å². The van der Waals surface area contributed by atoms with E-state index in [0.29, 0.717) is 16.4 Å². The normalized spacial score (nSPS) is 14.0. The number of nitrogens with two attached hydrogens (primary N) is 1. The van der Waals surface area contributed by atoms with E-state index in [4.69, 9.17) is 14.9 Å². The van der Waals surface area contributed by atoms with Crippen LogP contribution in [0.2, 0.25) is 0 Å². The van der Waals surface area contributed by atoms with Gasteiger partial charge in [-0.1, -0.05) is 29.5 Å². The van der Waals surface area contributed by atoms with Crippen molar-refractivity contribution < 1.29 is 27.4 Å². The van der Waals surface area contributed by atoms with Crippen LogP contribution in [0.5, 0.6) is 5.75 Å². The zero-order chi connectivity index (χ0) is 22.2. The smallest absolute Gasteiger partial charge is 0.419 e. The lowest BCUT2D eigenvalue weighted by Gasteiger charge is -2.17. The predicted octanol–water partition coefficient (Wildman–Crippen LogP) is 4.72. The topological polar surface area (TPSA) is 94.4 Å². The third-order valence-electron chi connectivity index (χ3n) is 4.62. The number of aliphatic hydroxyl groups is 1. The van der Waals surface area contributed by atoms with Crippen molar-refractivity contribution in [3.05, 3.63) is 64.9 Å². The number of aliphatic hydroxyl groups excluding tert-OH is 1. The zero-order valence-electron chi connectivity index (χ0n) is 16.3. The number of nitrogens with zero attached hydrogens (tertiary/aromatic N) is 2. The third-order valence-corrected chi connectivity index (χ3v) is 5.87. The quantitative estimate of drug-likeness (QED) is 0.443. The standard InChI is InChI=1S/C21H18F3N3O3S/c1-20(25,11-28)19-27-26-18(31-19)13-6-7-17(15(9-13)21(22,23)24)29-10-14-8-12-4-2-3-5-16(12)30-14/h2-9,28H,10-11,25H2,1H3. The number of aromatic nitrogens is 2. The molecule has 0 bridgehead atoms. The summed E-state index contributed by atoms with van der Waals surface area (Å²) in [6.07, 6.45) is -4.64. The molecule has 0 saturated heterocycles. The molecule has 6 nitrogen and oxygen atoms in total. The first-order valence-corrected chi connectivity index (χ1v) is 10.0. The summed E-state index contributed by atoms with van der Waals surface area (Å²) in [6, 6.07) is 12.7. The number of fused-ring (bicyclic) bond motifs is 1. The molecule has 0 spiro atoms. The monoisotopic (exact) mass is 449 g/mol. The number of rotatable bonds is 6. The summed E-state index contributed by atoms with van der Waals surface area (Å²) in [5, 5.41) is 18.6. The van der Waals surface area contributed by atoms with Crippen molar-refractivity contribution >= 4 is 22.3 Å². The minimum absolute atomic E-state index is 0.151. The van der Waals surface area contributed by atoms with Crippen molar-refractivity contribution in [3.63, 3.8) is 0 Å². The van der Waals surface area contributed by atoms with Crippen LogP contribution < -0.4 is 10.5 Å². The van der Waals surface area contributed by atoms with E-state index in [0.717, 1.165) is 22.8 Å². The summed E-state index contributed by atoms with van der Waals surface area (Å²) >= 11 is 1.02. The van der Waals surface area contributed by atoms with Crippen molar-refractivity contribution in [1.82, 2.24) is 10.2 Å². The second-order valence-electron chi connectivity index (χ2n) is 7.24. The van der Waals surface area contributed by atoms with Crippen LogP contribution in [0.4, 0.5) is 13.2 Å². The molecule has 31 heavy (non-hydrogen) atoms. The van der Waals surface area contributed by atoms with Crippen LogP contribution in [0, 0.1) is 0 Å². The molecule has 0 aliphatic rings. The molecule has 0 aliphatic carbocycles. The van der Waals surface area contributed by atoms with Crippen LogP contribution in [-0.4, -0.2) is 21.9 Å². The van der Waals surface area contributed by atoms with Crippen molar-refractivity contribution in [2.75, 3.05) is 6.61 Å². The van der Waals surface area contributed by atoms with Crippen LogP contribution >= 0.6 is 11.3 Å². The van der Waals surface area contributed by atoms with Gasteiger partial charge in [-0.25, -0.2) is 0 Å². The van der Waals surface area contributed by atoms with Crippen LogP contribution in [0.15, 0.2) is 52.9 Å². The molecular weight excluding hydrogens is 431 g/mol. The van der Waals surface area contributed by atoms with Crippen molar-refractivity contribution in [1.29, 1.82) is 0 Å². The summed E-state index contributed by atoms with van der Waals surface area (Å²) in [5.74, 6) is 0.0962. The SMILES string of the molecule is CC(N)(CO)c1nnc(-c2ccc(OCc3cc4ccccc4o3)c(C(F)(F)F)c2)s1. The fourth-order valence-corrected chi connectivity index (χ4v) is 3.79. The average Bonchev–Trinajstić information content (AvgIpc) is 3.39. The van der Waals surface area contributed by atoms with Gasteiger partial charge in [-0.3, -0.25) is 0 Å². The highest BCUT2D eigenvalue weighted by Gasteiger charge is 2.35. The zero-order valence-corrected chi connectivity index (χ0v) is 17.1. The van der Waals surface area contributed by atoms with Gasteiger partial charge in [0.25, 0.3) is 0 Å². The molecule has 0 fully saturated rings. The van der Waals surface area contributed by atoms with E-state index >= 15 is 0 Å². The summed E-state index contributed by atoms with van der Waals surface area (Å²) in [4.78, 5) is 0. The highest BCUT2D eigenvalue weighted by atomic mass is 32.1. The Bertz CT molecular complexity index is 1180. The Morgan fingerprint density at radius 2 is 1.90 bits per heavy atom. The van der Waals surface area contributed by atoms with Gasteiger partial charge in [-0.2, -0.15) is 13.2 Å². The van der Waals surface area contributed by atoms with Crippen molar-refractivity contribution in [3.8, 4) is 16.3 Å². The molecule has 3 N–H and O–H groups in total. The molecule has 0 saturated carbocycles. The lowest BCUT2D eigenvalue weighted by Crippen LogP contribution is -2.36. The van der Waals surface area contributed by atoms with Gasteiger partial charge in [0.1, 0.15) is 33.7 Å². The van der Waals surface area contributed by atoms with Gasteiger partial charge in [0.2, 0.25) is 0 Å². The van der Waals surface area contributed by atoms with Gasteiger partial charge in [-0.15, -0.1) is 10.2 Å². The number of para-hydroxylation sites is 1. The first kappa shape index (κ1) is 21.3. The number of benzene rings is 2. The van der Waals surface area contributed by atoms with E-state index in [-0.39, 0.29) is 29.5 Å². The first-order valence-electron chi connectivity index (χ1n) is 9.23. The van der Waals surface area contributed by atoms with Crippen molar-refractivity contribution in [2.24, 2.45) is 5.73 Å². The third kappa shape index (κ3) is 4.41. The van der Waals surface area contributed by atoms with Gasteiger partial charge in [-0.05, 0) is 37.3 Å². The molecule has 1 unspecified atom stereocenters. The summed E-state index contributed by atoms with van der Waals surface area (Å²) < 4.78 is 52.1. The maximum Gasteiger partial charge on any atom is 0.419 e. The molecule has 162 valence electrons. The van der Waals surface area contributed by atoms with E-state index in [1.807, 2.05) is 18.2 Å². The second-order valence-corrected chi connectivity index (χ2v) is 8.21. The average molecular weight is 449 g/mol. The number of hydrogen-bond acceptors (Lipinski definition) is 7. The Labute approximate surface area is 179 Å². The molecule has 1 atom stereocenters. The van der Waals surface area contributed by atoms with E-state index in [1.165, 1.54) is 12.1 Å². The summed E-state index contributed by atoms with van der Waals surface area (Å²) in [5.41, 5.74) is 4.72. The lowest BCUT2D eigenvalue weighted by atomic mass is 10.1. The molecule has 0 aliphatic heterocycles. The fourth-order valence-electron chi connectivity index (χ4n) is 2.91. The maximum atomic E-state index is 13.7.